The maximum absolute atomic E-state index is 5.26. The normalized spacial score (nSPS) is 14.4. The minimum atomic E-state index is -2.07. The molecular formula is C31H26N2Si. The van der Waals surface area contributed by atoms with E-state index in [0.717, 1.165) is 11.2 Å². The van der Waals surface area contributed by atoms with Gasteiger partial charge in [0.05, 0.1) is 11.2 Å². The molecule has 3 heteroatoms. The van der Waals surface area contributed by atoms with E-state index in [2.05, 4.69) is 99.7 Å². The van der Waals surface area contributed by atoms with Gasteiger partial charge >= 0.3 is 0 Å². The van der Waals surface area contributed by atoms with Gasteiger partial charge in [0.15, 0.2) is 0 Å². The van der Waals surface area contributed by atoms with Crippen molar-refractivity contribution in [3.63, 3.8) is 0 Å². The molecule has 0 bridgehead atoms. The summed E-state index contributed by atoms with van der Waals surface area (Å²) in [5.41, 5.74) is 4.77. The van der Waals surface area contributed by atoms with Crippen molar-refractivity contribution in [2.75, 3.05) is 0 Å². The zero-order valence-electron chi connectivity index (χ0n) is 20.0. The zero-order valence-corrected chi connectivity index (χ0v) is 21.0. The lowest BCUT2D eigenvalue weighted by Gasteiger charge is -2.32. The lowest BCUT2D eigenvalue weighted by Crippen LogP contribution is -2.57. The summed E-state index contributed by atoms with van der Waals surface area (Å²) >= 11 is 0. The number of fused-ring (bicyclic) bond motifs is 7. The Morgan fingerprint density at radius 1 is 0.735 bits per heavy atom. The smallest absolute Gasteiger partial charge is 0.137 e. The summed E-state index contributed by atoms with van der Waals surface area (Å²) < 4.78 is 0. The third-order valence-electron chi connectivity index (χ3n) is 7.80. The summed E-state index contributed by atoms with van der Waals surface area (Å²) in [6.07, 6.45) is 1.98. The van der Waals surface area contributed by atoms with Crippen molar-refractivity contribution < 1.29 is 0 Å². The van der Waals surface area contributed by atoms with Crippen LogP contribution >= 0.6 is 0 Å². The summed E-state index contributed by atoms with van der Waals surface area (Å²) in [6, 6.07) is 27.0. The molecule has 2 nitrogen and oxygen atoms in total. The molecule has 4 aromatic carbocycles. The first-order valence-electron chi connectivity index (χ1n) is 12.1. The Labute approximate surface area is 200 Å². The van der Waals surface area contributed by atoms with Gasteiger partial charge in [0.2, 0.25) is 0 Å². The lowest BCUT2D eigenvalue weighted by atomic mass is 9.92. The molecule has 0 amide bonds. The van der Waals surface area contributed by atoms with Crippen molar-refractivity contribution in [1.82, 2.24) is 9.97 Å². The first-order valence-corrected chi connectivity index (χ1v) is 15.1. The molecule has 0 radical (unpaired) electrons. The Balaban J connectivity index is 1.67. The minimum absolute atomic E-state index is 0.504. The van der Waals surface area contributed by atoms with Crippen LogP contribution in [0.3, 0.4) is 0 Å². The van der Waals surface area contributed by atoms with Crippen LogP contribution in [0.5, 0.6) is 0 Å². The number of rotatable bonds is 1. The van der Waals surface area contributed by atoms with Gasteiger partial charge < -0.3 is 0 Å². The molecule has 1 aliphatic rings. The van der Waals surface area contributed by atoms with Gasteiger partial charge in [0.1, 0.15) is 8.07 Å². The Morgan fingerprint density at radius 3 is 2.41 bits per heavy atom. The Hall–Kier alpha value is -3.56. The molecule has 6 aromatic rings. The van der Waals surface area contributed by atoms with E-state index in [-0.39, 0.29) is 0 Å². The summed E-state index contributed by atoms with van der Waals surface area (Å²) in [7, 11) is -2.07. The average Bonchev–Trinajstić information content (AvgIpc) is 2.85. The molecule has 0 fully saturated rings. The topological polar surface area (TPSA) is 25.8 Å². The predicted molar refractivity (Wildman–Crippen MR) is 148 cm³/mol. The molecule has 0 unspecified atom stereocenters. The molecule has 0 N–H and O–H groups in total. The van der Waals surface area contributed by atoms with Gasteiger partial charge in [-0.2, -0.15) is 0 Å². The highest BCUT2D eigenvalue weighted by Crippen LogP contribution is 2.38. The number of para-hydroxylation sites is 1. The number of aromatic nitrogens is 2. The Kier molecular flexibility index (Phi) is 3.94. The third-order valence-corrected chi connectivity index (χ3v) is 11.1. The highest BCUT2D eigenvalue weighted by molar-refractivity contribution is 7.03. The molecular weight excluding hydrogens is 428 g/mol. The van der Waals surface area contributed by atoms with Crippen LogP contribution in [-0.4, -0.2) is 18.0 Å². The van der Waals surface area contributed by atoms with Crippen LogP contribution in [0, 0.1) is 0 Å². The zero-order chi connectivity index (χ0) is 23.2. The van der Waals surface area contributed by atoms with Crippen LogP contribution in [0.2, 0.25) is 13.1 Å². The molecule has 0 atom stereocenters. The molecule has 0 spiro atoms. The number of hydrogen-bond donors (Lipinski definition) is 0. The highest BCUT2D eigenvalue weighted by Gasteiger charge is 2.38. The molecule has 3 heterocycles. The van der Waals surface area contributed by atoms with Crippen LogP contribution in [0.1, 0.15) is 25.3 Å². The van der Waals surface area contributed by atoms with Crippen molar-refractivity contribution in [2.45, 2.75) is 32.9 Å². The van der Waals surface area contributed by atoms with Gasteiger partial charge in [-0.15, -0.1) is 0 Å². The number of benzene rings is 4. The molecule has 0 saturated heterocycles. The molecule has 7 rings (SSSR count). The van der Waals surface area contributed by atoms with Crippen molar-refractivity contribution in [1.29, 1.82) is 0 Å². The van der Waals surface area contributed by atoms with E-state index in [4.69, 9.17) is 9.97 Å². The van der Waals surface area contributed by atoms with Gasteiger partial charge in [-0.3, -0.25) is 9.97 Å². The van der Waals surface area contributed by atoms with Crippen LogP contribution in [-0.2, 0) is 0 Å². The Morgan fingerprint density at radius 2 is 1.56 bits per heavy atom. The van der Waals surface area contributed by atoms with E-state index in [0.29, 0.717) is 5.92 Å². The second-order valence-electron chi connectivity index (χ2n) is 10.5. The summed E-state index contributed by atoms with van der Waals surface area (Å²) in [5, 5.41) is 11.9. The second-order valence-corrected chi connectivity index (χ2v) is 14.8. The summed E-state index contributed by atoms with van der Waals surface area (Å²) in [6.45, 7) is 9.45. The van der Waals surface area contributed by atoms with E-state index in [9.17, 15) is 0 Å². The van der Waals surface area contributed by atoms with E-state index in [1.54, 1.807) is 0 Å². The van der Waals surface area contributed by atoms with Crippen molar-refractivity contribution in [3.8, 4) is 11.3 Å². The van der Waals surface area contributed by atoms with Crippen LogP contribution < -0.4 is 10.5 Å². The lowest BCUT2D eigenvalue weighted by molar-refractivity contribution is 0.869. The molecule has 0 saturated carbocycles. The maximum atomic E-state index is 5.26. The van der Waals surface area contributed by atoms with Crippen molar-refractivity contribution in [3.05, 3.63) is 84.6 Å². The molecule has 164 valence electrons. The van der Waals surface area contributed by atoms with Gasteiger partial charge in [-0.1, -0.05) is 81.5 Å². The summed E-state index contributed by atoms with van der Waals surface area (Å²) in [5.74, 6) is 0.504. The molecule has 34 heavy (non-hydrogen) atoms. The van der Waals surface area contributed by atoms with Gasteiger partial charge in [0.25, 0.3) is 0 Å². The SMILES string of the molecule is CC(C)c1ccc2ccc3c4ccnc5c4c(cc3c2c1)[Si](C)(C)c1nc2ccccc2cc1-5. The van der Waals surface area contributed by atoms with E-state index < -0.39 is 8.07 Å². The first-order chi connectivity index (χ1) is 16.4. The van der Waals surface area contributed by atoms with E-state index in [1.807, 2.05) is 6.20 Å². The monoisotopic (exact) mass is 454 g/mol. The quantitative estimate of drug-likeness (QED) is 0.197. The van der Waals surface area contributed by atoms with Crippen LogP contribution in [0.4, 0.5) is 0 Å². The van der Waals surface area contributed by atoms with E-state index >= 15 is 0 Å². The van der Waals surface area contributed by atoms with Crippen molar-refractivity contribution in [2.24, 2.45) is 0 Å². The highest BCUT2D eigenvalue weighted by atomic mass is 28.3. The van der Waals surface area contributed by atoms with Crippen LogP contribution in [0.15, 0.2) is 79.0 Å². The fraction of sp³-hybridized carbons (Fsp3) is 0.161. The fourth-order valence-corrected chi connectivity index (χ4v) is 8.79. The maximum Gasteiger partial charge on any atom is 0.137 e. The van der Waals surface area contributed by atoms with E-state index in [1.165, 1.54) is 59.3 Å². The second kappa shape index (κ2) is 6.74. The fourth-order valence-electron chi connectivity index (χ4n) is 5.88. The largest absolute Gasteiger partial charge is 0.257 e. The Bertz CT molecular complexity index is 1810. The number of pyridine rings is 2. The molecule has 1 aliphatic heterocycles. The number of hydrogen-bond acceptors (Lipinski definition) is 2. The average molecular weight is 455 g/mol. The molecule has 2 aromatic heterocycles. The van der Waals surface area contributed by atoms with Crippen LogP contribution in [0.25, 0.3) is 54.5 Å². The predicted octanol–water partition coefficient (Wildman–Crippen LogP) is 7.02. The van der Waals surface area contributed by atoms with Crippen molar-refractivity contribution >= 4 is 61.8 Å². The first kappa shape index (κ1) is 19.9. The third kappa shape index (κ3) is 2.56. The van der Waals surface area contributed by atoms with Gasteiger partial charge in [0, 0.05) is 27.8 Å². The van der Waals surface area contributed by atoms with Gasteiger partial charge in [-0.05, 0) is 61.8 Å². The van der Waals surface area contributed by atoms with Gasteiger partial charge in [-0.25, -0.2) is 0 Å². The minimum Gasteiger partial charge on any atom is -0.257 e. The summed E-state index contributed by atoms with van der Waals surface area (Å²) in [4.78, 5) is 10.2. The number of nitrogens with zero attached hydrogens (tertiary/aromatic N) is 2. The molecule has 0 aliphatic carbocycles. The standard InChI is InChI=1S/C31H26N2Si/c1-18(2)20-10-9-19-11-12-22-23-13-14-32-30-26-16-21-7-5-6-8-27(21)33-31(26)34(3,4)28(29(23)30)17-25(22)24(19)15-20/h5-18H,1-4H3.